The SMILES string of the molecule is CN(C[C@@H]1C[C@H](F)CN1Cc1nccs1)C(=O)OCc1ccccc1. The lowest BCUT2D eigenvalue weighted by molar-refractivity contribution is 0.0936. The zero-order valence-electron chi connectivity index (χ0n) is 14.2. The van der Waals surface area contributed by atoms with Crippen LogP contribution in [0.3, 0.4) is 0 Å². The molecule has 2 atom stereocenters. The molecule has 25 heavy (non-hydrogen) atoms. The van der Waals surface area contributed by atoms with Crippen LogP contribution in [0.2, 0.25) is 0 Å². The molecule has 3 rings (SSSR count). The second-order valence-electron chi connectivity index (χ2n) is 6.26. The Kier molecular flexibility index (Phi) is 5.99. The smallest absolute Gasteiger partial charge is 0.409 e. The van der Waals surface area contributed by atoms with Crippen LogP contribution >= 0.6 is 11.3 Å². The summed E-state index contributed by atoms with van der Waals surface area (Å²) in [6.45, 7) is 1.69. The van der Waals surface area contributed by atoms with E-state index >= 15 is 0 Å². The van der Waals surface area contributed by atoms with Crippen molar-refractivity contribution in [2.24, 2.45) is 0 Å². The fourth-order valence-corrected chi connectivity index (χ4v) is 3.67. The van der Waals surface area contributed by atoms with E-state index in [1.807, 2.05) is 35.7 Å². The number of nitrogens with zero attached hydrogens (tertiary/aromatic N) is 3. The molecule has 7 heteroatoms. The Morgan fingerprint density at radius 1 is 1.44 bits per heavy atom. The van der Waals surface area contributed by atoms with Crippen LogP contribution < -0.4 is 0 Å². The summed E-state index contributed by atoms with van der Waals surface area (Å²) in [7, 11) is 1.69. The Morgan fingerprint density at radius 3 is 2.96 bits per heavy atom. The molecule has 0 spiro atoms. The second-order valence-corrected chi connectivity index (χ2v) is 7.24. The number of benzene rings is 1. The average Bonchev–Trinajstić information content (AvgIpc) is 3.24. The number of likely N-dealkylation sites (N-methyl/N-ethyl adjacent to an activating group) is 1. The van der Waals surface area contributed by atoms with E-state index in [1.54, 1.807) is 24.6 Å². The highest BCUT2D eigenvalue weighted by molar-refractivity contribution is 7.09. The molecule has 2 aromatic rings. The number of rotatable bonds is 6. The quantitative estimate of drug-likeness (QED) is 0.790. The van der Waals surface area contributed by atoms with Gasteiger partial charge in [0.15, 0.2) is 0 Å². The van der Waals surface area contributed by atoms with Crippen molar-refractivity contribution >= 4 is 17.4 Å². The van der Waals surface area contributed by atoms with Gasteiger partial charge < -0.3 is 9.64 Å². The van der Waals surface area contributed by atoms with Crippen molar-refractivity contribution in [1.29, 1.82) is 0 Å². The van der Waals surface area contributed by atoms with E-state index in [1.165, 1.54) is 4.90 Å². The molecule has 1 aromatic heterocycles. The van der Waals surface area contributed by atoms with E-state index in [2.05, 4.69) is 9.88 Å². The standard InChI is InChI=1S/C18H22FN3O2S/c1-21(18(23)24-13-14-5-3-2-4-6-14)11-16-9-15(19)10-22(16)12-17-20-7-8-25-17/h2-8,15-16H,9-13H2,1H3/t15-,16-/m0/s1. The molecule has 1 fully saturated rings. The van der Waals surface area contributed by atoms with E-state index in [9.17, 15) is 9.18 Å². The first-order valence-corrected chi connectivity index (χ1v) is 9.18. The van der Waals surface area contributed by atoms with Crippen LogP contribution in [0.4, 0.5) is 9.18 Å². The van der Waals surface area contributed by atoms with Gasteiger partial charge in [-0.2, -0.15) is 0 Å². The molecule has 1 amide bonds. The summed E-state index contributed by atoms with van der Waals surface area (Å²) < 4.78 is 19.2. The van der Waals surface area contributed by atoms with Gasteiger partial charge in [-0.15, -0.1) is 11.3 Å². The third kappa shape index (κ3) is 4.99. The largest absolute Gasteiger partial charge is 0.445 e. The van der Waals surface area contributed by atoms with E-state index in [0.717, 1.165) is 10.6 Å². The molecule has 0 N–H and O–H groups in total. The maximum atomic E-state index is 13.9. The molecule has 1 aliphatic rings. The summed E-state index contributed by atoms with van der Waals surface area (Å²) in [5.74, 6) is 0. The lowest BCUT2D eigenvalue weighted by atomic mass is 10.2. The maximum Gasteiger partial charge on any atom is 0.409 e. The molecule has 0 radical (unpaired) electrons. The van der Waals surface area contributed by atoms with E-state index < -0.39 is 6.17 Å². The predicted octanol–water partition coefficient (Wildman–Crippen LogP) is 3.32. The number of likely N-dealkylation sites (tertiary alicyclic amines) is 1. The molecular weight excluding hydrogens is 341 g/mol. The van der Waals surface area contributed by atoms with Crippen molar-refractivity contribution in [2.45, 2.75) is 31.8 Å². The van der Waals surface area contributed by atoms with Gasteiger partial charge in [0, 0.05) is 37.8 Å². The average molecular weight is 363 g/mol. The highest BCUT2D eigenvalue weighted by Crippen LogP contribution is 2.24. The molecule has 1 aromatic carbocycles. The van der Waals surface area contributed by atoms with Gasteiger partial charge in [0.1, 0.15) is 17.8 Å². The molecule has 1 saturated heterocycles. The van der Waals surface area contributed by atoms with Crippen LogP contribution in [0.1, 0.15) is 17.0 Å². The third-order valence-corrected chi connectivity index (χ3v) is 5.06. The van der Waals surface area contributed by atoms with Gasteiger partial charge >= 0.3 is 6.09 Å². The molecule has 0 aliphatic carbocycles. The fraction of sp³-hybridized carbons (Fsp3) is 0.444. The number of hydrogen-bond donors (Lipinski definition) is 0. The van der Waals surface area contributed by atoms with E-state index in [4.69, 9.17) is 4.74 Å². The molecule has 1 aliphatic heterocycles. The Balaban J connectivity index is 1.51. The lowest BCUT2D eigenvalue weighted by Crippen LogP contribution is -2.41. The topological polar surface area (TPSA) is 45.7 Å². The maximum absolute atomic E-state index is 13.9. The molecular formula is C18H22FN3O2S. The van der Waals surface area contributed by atoms with Crippen molar-refractivity contribution in [3.05, 3.63) is 52.5 Å². The van der Waals surface area contributed by atoms with Crippen LogP contribution in [-0.2, 0) is 17.9 Å². The minimum Gasteiger partial charge on any atom is -0.445 e. The van der Waals surface area contributed by atoms with Crippen LogP contribution in [0, 0.1) is 0 Å². The van der Waals surface area contributed by atoms with Crippen LogP contribution in [0.5, 0.6) is 0 Å². The molecule has 0 saturated carbocycles. The second kappa shape index (κ2) is 8.40. The van der Waals surface area contributed by atoms with E-state index in [-0.39, 0.29) is 18.7 Å². The molecule has 5 nitrogen and oxygen atoms in total. The summed E-state index contributed by atoms with van der Waals surface area (Å²) in [5.41, 5.74) is 0.944. The monoisotopic (exact) mass is 363 g/mol. The highest BCUT2D eigenvalue weighted by Gasteiger charge is 2.34. The first kappa shape index (κ1) is 17.8. The van der Waals surface area contributed by atoms with Crippen molar-refractivity contribution in [3.63, 3.8) is 0 Å². The number of carbonyl (C=O) groups is 1. The zero-order chi connectivity index (χ0) is 17.6. The minimum absolute atomic E-state index is 0.0202. The van der Waals surface area contributed by atoms with Gasteiger partial charge in [-0.3, -0.25) is 4.90 Å². The van der Waals surface area contributed by atoms with Gasteiger partial charge in [0.05, 0.1) is 6.54 Å². The van der Waals surface area contributed by atoms with Gasteiger partial charge in [-0.05, 0) is 12.0 Å². The van der Waals surface area contributed by atoms with Crippen molar-refractivity contribution < 1.29 is 13.9 Å². The number of thiazole rings is 1. The lowest BCUT2D eigenvalue weighted by Gasteiger charge is -2.27. The first-order valence-electron chi connectivity index (χ1n) is 8.30. The normalized spacial score (nSPS) is 20.6. The molecule has 0 unspecified atom stereocenters. The highest BCUT2D eigenvalue weighted by atomic mass is 32.1. The molecule has 2 heterocycles. The number of hydrogen-bond acceptors (Lipinski definition) is 5. The zero-order valence-corrected chi connectivity index (χ0v) is 15.0. The Labute approximate surface area is 151 Å². The summed E-state index contributed by atoms with van der Waals surface area (Å²) in [5, 5.41) is 2.88. The van der Waals surface area contributed by atoms with Crippen LogP contribution in [0.25, 0.3) is 0 Å². The number of carbonyl (C=O) groups excluding carboxylic acids is 1. The number of alkyl halides is 1. The number of aromatic nitrogens is 1. The van der Waals surface area contributed by atoms with Gasteiger partial charge in [0.25, 0.3) is 0 Å². The Bertz CT molecular complexity index is 668. The van der Waals surface area contributed by atoms with Gasteiger partial charge in [-0.25, -0.2) is 14.2 Å². The summed E-state index contributed by atoms with van der Waals surface area (Å²) in [4.78, 5) is 20.0. The van der Waals surface area contributed by atoms with Gasteiger partial charge in [0.2, 0.25) is 0 Å². The molecule has 0 bridgehead atoms. The first-order chi connectivity index (χ1) is 12.1. The number of amides is 1. The third-order valence-electron chi connectivity index (χ3n) is 4.30. The summed E-state index contributed by atoms with van der Waals surface area (Å²) in [6.07, 6.45) is 0.936. The predicted molar refractivity (Wildman–Crippen MR) is 95.1 cm³/mol. The number of halogens is 1. The summed E-state index contributed by atoms with van der Waals surface area (Å²) >= 11 is 1.56. The van der Waals surface area contributed by atoms with Gasteiger partial charge in [-0.1, -0.05) is 30.3 Å². The van der Waals surface area contributed by atoms with E-state index in [0.29, 0.717) is 26.1 Å². The summed E-state index contributed by atoms with van der Waals surface area (Å²) in [6, 6.07) is 9.53. The van der Waals surface area contributed by atoms with Crippen LogP contribution in [0.15, 0.2) is 41.9 Å². The molecule has 134 valence electrons. The number of ether oxygens (including phenoxy) is 1. The fourth-order valence-electron chi connectivity index (χ4n) is 3.03. The Hall–Kier alpha value is -1.99. The van der Waals surface area contributed by atoms with Crippen LogP contribution in [-0.4, -0.2) is 53.2 Å². The van der Waals surface area contributed by atoms with Crippen molar-refractivity contribution in [1.82, 2.24) is 14.8 Å². The Morgan fingerprint density at radius 2 is 2.24 bits per heavy atom. The minimum atomic E-state index is -0.862. The van der Waals surface area contributed by atoms with Crippen molar-refractivity contribution in [3.8, 4) is 0 Å². The van der Waals surface area contributed by atoms with Crippen molar-refractivity contribution in [2.75, 3.05) is 20.1 Å².